The van der Waals surface area contributed by atoms with Crippen molar-refractivity contribution in [2.45, 2.75) is 31.8 Å². The Balaban J connectivity index is 0.00000243. The van der Waals surface area contributed by atoms with Crippen molar-refractivity contribution in [2.75, 3.05) is 39.3 Å². The summed E-state index contributed by atoms with van der Waals surface area (Å²) < 4.78 is 0. The molecule has 1 aromatic heterocycles. The highest BCUT2D eigenvalue weighted by Crippen LogP contribution is 2.09. The van der Waals surface area contributed by atoms with E-state index in [1.807, 2.05) is 29.4 Å². The minimum Gasteiger partial charge on any atom is -0.354 e. The van der Waals surface area contributed by atoms with E-state index in [0.29, 0.717) is 13.0 Å². The highest BCUT2D eigenvalue weighted by molar-refractivity contribution is 5.85. The normalized spacial score (nSPS) is 20.5. The first-order valence-corrected chi connectivity index (χ1v) is 9.12. The largest absolute Gasteiger partial charge is 0.354 e. The van der Waals surface area contributed by atoms with Gasteiger partial charge >= 0.3 is 0 Å². The summed E-state index contributed by atoms with van der Waals surface area (Å²) in [4.78, 5) is 32.5. The lowest BCUT2D eigenvalue weighted by molar-refractivity contribution is -0.133. The third-order valence-electron chi connectivity index (χ3n) is 4.90. The van der Waals surface area contributed by atoms with Crippen LogP contribution in [-0.2, 0) is 16.1 Å². The Kier molecular flexibility index (Phi) is 8.28. The monoisotopic (exact) mass is 381 g/mol. The zero-order chi connectivity index (χ0) is 17.5. The molecule has 2 aliphatic heterocycles. The Morgan fingerprint density at radius 3 is 2.58 bits per heavy atom. The number of carbonyl (C=O) groups excluding carboxylic acids is 2. The molecule has 2 aliphatic rings. The first kappa shape index (κ1) is 20.6. The molecule has 2 saturated heterocycles. The minimum absolute atomic E-state index is 0. The van der Waals surface area contributed by atoms with Gasteiger partial charge < -0.3 is 15.5 Å². The molecule has 1 atom stereocenters. The van der Waals surface area contributed by atoms with Crippen LogP contribution in [0, 0.1) is 0 Å². The highest BCUT2D eigenvalue weighted by Gasteiger charge is 2.23. The van der Waals surface area contributed by atoms with Crippen LogP contribution in [0.15, 0.2) is 24.5 Å². The van der Waals surface area contributed by atoms with Crippen molar-refractivity contribution in [1.82, 2.24) is 25.4 Å². The average molecular weight is 382 g/mol. The number of amides is 2. The minimum atomic E-state index is -0.0770. The van der Waals surface area contributed by atoms with Crippen LogP contribution in [0.3, 0.4) is 0 Å². The van der Waals surface area contributed by atoms with E-state index in [-0.39, 0.29) is 30.3 Å². The summed E-state index contributed by atoms with van der Waals surface area (Å²) in [6, 6.07) is 3.98. The quantitative estimate of drug-likeness (QED) is 0.746. The number of nitrogens with one attached hydrogen (secondary N) is 2. The Labute approximate surface area is 160 Å². The summed E-state index contributed by atoms with van der Waals surface area (Å²) in [5.41, 5.74) is 1.25. The van der Waals surface area contributed by atoms with Gasteiger partial charge in [0.05, 0.1) is 6.04 Å². The highest BCUT2D eigenvalue weighted by atomic mass is 35.5. The van der Waals surface area contributed by atoms with E-state index in [9.17, 15) is 9.59 Å². The molecule has 144 valence electrons. The molecule has 7 nitrogen and oxygen atoms in total. The van der Waals surface area contributed by atoms with Crippen LogP contribution >= 0.6 is 12.4 Å². The molecule has 0 bridgehead atoms. The number of aromatic nitrogens is 1. The molecule has 26 heavy (non-hydrogen) atoms. The summed E-state index contributed by atoms with van der Waals surface area (Å²) >= 11 is 0. The third-order valence-corrected chi connectivity index (χ3v) is 4.90. The van der Waals surface area contributed by atoms with Gasteiger partial charge in [0.25, 0.3) is 0 Å². The van der Waals surface area contributed by atoms with Gasteiger partial charge in [-0.15, -0.1) is 12.4 Å². The molecule has 8 heteroatoms. The number of carbonyl (C=O) groups is 2. The van der Waals surface area contributed by atoms with Gasteiger partial charge in [0.1, 0.15) is 0 Å². The van der Waals surface area contributed by atoms with Gasteiger partial charge in [-0.05, 0) is 37.1 Å². The molecule has 3 heterocycles. The number of nitrogens with zero attached hydrogens (tertiary/aromatic N) is 3. The summed E-state index contributed by atoms with van der Waals surface area (Å²) in [5, 5.41) is 6.04. The van der Waals surface area contributed by atoms with Crippen LogP contribution in [0.4, 0.5) is 0 Å². The Morgan fingerprint density at radius 2 is 1.92 bits per heavy atom. The fourth-order valence-electron chi connectivity index (χ4n) is 3.38. The van der Waals surface area contributed by atoms with Crippen molar-refractivity contribution in [3.63, 3.8) is 0 Å². The summed E-state index contributed by atoms with van der Waals surface area (Å²) in [5.74, 6) is 0.149. The van der Waals surface area contributed by atoms with E-state index in [2.05, 4.69) is 20.5 Å². The maximum absolute atomic E-state index is 12.3. The van der Waals surface area contributed by atoms with Crippen molar-refractivity contribution in [2.24, 2.45) is 0 Å². The number of halogens is 1. The molecular weight excluding hydrogens is 354 g/mol. The lowest BCUT2D eigenvalue weighted by Crippen LogP contribution is -2.49. The van der Waals surface area contributed by atoms with Gasteiger partial charge in [-0.1, -0.05) is 0 Å². The van der Waals surface area contributed by atoms with E-state index in [0.717, 1.165) is 52.1 Å². The second-order valence-electron chi connectivity index (χ2n) is 6.70. The van der Waals surface area contributed by atoms with Crippen LogP contribution < -0.4 is 10.6 Å². The smallest absolute Gasteiger partial charge is 0.237 e. The lowest BCUT2D eigenvalue weighted by Gasteiger charge is -2.34. The van der Waals surface area contributed by atoms with E-state index >= 15 is 0 Å². The maximum atomic E-state index is 12.3. The SMILES string of the molecule is Cl.O=C(NCCC(=O)N1CCN(Cc2ccncc2)CC1)C1CCCN1. The number of hydrogen-bond acceptors (Lipinski definition) is 5. The lowest BCUT2D eigenvalue weighted by atomic mass is 10.2. The van der Waals surface area contributed by atoms with Crippen LogP contribution in [0.1, 0.15) is 24.8 Å². The van der Waals surface area contributed by atoms with Gasteiger partial charge in [0.15, 0.2) is 0 Å². The molecular formula is C18H28ClN5O2. The van der Waals surface area contributed by atoms with Crippen LogP contribution in [0.5, 0.6) is 0 Å². The van der Waals surface area contributed by atoms with Gasteiger partial charge in [-0.25, -0.2) is 0 Å². The van der Waals surface area contributed by atoms with Gasteiger partial charge in [-0.3, -0.25) is 19.5 Å². The van der Waals surface area contributed by atoms with E-state index in [4.69, 9.17) is 0 Å². The molecule has 3 rings (SSSR count). The van der Waals surface area contributed by atoms with Crippen LogP contribution in [0.2, 0.25) is 0 Å². The molecule has 2 amide bonds. The van der Waals surface area contributed by atoms with Gasteiger partial charge in [0.2, 0.25) is 11.8 Å². The fourth-order valence-corrected chi connectivity index (χ4v) is 3.38. The fraction of sp³-hybridized carbons (Fsp3) is 0.611. The standard InChI is InChI=1S/C18H27N5O2.ClH/c24-17(5-9-21-18(25)16-2-1-6-20-16)23-12-10-22(11-13-23)14-15-3-7-19-8-4-15;/h3-4,7-8,16,20H,1-2,5-6,9-14H2,(H,21,25);1H. The van der Waals surface area contributed by atoms with E-state index in [1.165, 1.54) is 5.56 Å². The van der Waals surface area contributed by atoms with Gasteiger partial charge in [0, 0.05) is 58.1 Å². The molecule has 0 aromatic carbocycles. The van der Waals surface area contributed by atoms with Crippen molar-refractivity contribution < 1.29 is 9.59 Å². The Hall–Kier alpha value is -1.70. The van der Waals surface area contributed by atoms with Crippen molar-refractivity contribution in [3.05, 3.63) is 30.1 Å². The first-order chi connectivity index (χ1) is 12.2. The zero-order valence-electron chi connectivity index (χ0n) is 15.0. The molecule has 0 aliphatic carbocycles. The van der Waals surface area contributed by atoms with Crippen LogP contribution in [-0.4, -0.2) is 71.9 Å². The molecule has 1 aromatic rings. The Bertz CT molecular complexity index is 572. The molecule has 0 saturated carbocycles. The predicted octanol–water partition coefficient (Wildman–Crippen LogP) is 0.406. The summed E-state index contributed by atoms with van der Waals surface area (Å²) in [6.45, 7) is 5.49. The van der Waals surface area contributed by atoms with Crippen LogP contribution in [0.25, 0.3) is 0 Å². The van der Waals surface area contributed by atoms with Gasteiger partial charge in [-0.2, -0.15) is 0 Å². The summed E-state index contributed by atoms with van der Waals surface area (Å²) in [7, 11) is 0. The number of pyridine rings is 1. The second kappa shape index (κ2) is 10.4. The van der Waals surface area contributed by atoms with E-state index in [1.54, 1.807) is 0 Å². The predicted molar refractivity (Wildman–Crippen MR) is 102 cm³/mol. The molecule has 0 spiro atoms. The third kappa shape index (κ3) is 5.93. The first-order valence-electron chi connectivity index (χ1n) is 9.12. The second-order valence-corrected chi connectivity index (χ2v) is 6.70. The van der Waals surface area contributed by atoms with Crippen molar-refractivity contribution in [3.8, 4) is 0 Å². The molecule has 2 fully saturated rings. The molecule has 1 unspecified atom stereocenters. The molecule has 0 radical (unpaired) electrons. The summed E-state index contributed by atoms with van der Waals surface area (Å²) in [6.07, 6.45) is 5.93. The topological polar surface area (TPSA) is 77.6 Å². The van der Waals surface area contributed by atoms with Crippen molar-refractivity contribution in [1.29, 1.82) is 0 Å². The Morgan fingerprint density at radius 1 is 1.19 bits per heavy atom. The number of rotatable bonds is 6. The van der Waals surface area contributed by atoms with Crippen molar-refractivity contribution >= 4 is 24.2 Å². The number of hydrogen-bond donors (Lipinski definition) is 2. The van der Waals surface area contributed by atoms with E-state index < -0.39 is 0 Å². The maximum Gasteiger partial charge on any atom is 0.237 e. The molecule has 2 N–H and O–H groups in total. The number of piperazine rings is 1. The average Bonchev–Trinajstić information content (AvgIpc) is 3.18. The zero-order valence-corrected chi connectivity index (χ0v) is 15.8.